The van der Waals surface area contributed by atoms with E-state index >= 15 is 0 Å². The van der Waals surface area contributed by atoms with Gasteiger partial charge >= 0.3 is 0 Å². The Labute approximate surface area is 179 Å². The van der Waals surface area contributed by atoms with E-state index < -0.39 is 0 Å². The quantitative estimate of drug-likeness (QED) is 0.429. The van der Waals surface area contributed by atoms with Crippen LogP contribution in [0, 0.1) is 0 Å². The first kappa shape index (κ1) is 21.8. The number of nitrogens with zero attached hydrogens (tertiary/aromatic N) is 1. The molecule has 1 saturated carbocycles. The van der Waals surface area contributed by atoms with Crippen molar-refractivity contribution in [2.75, 3.05) is 6.54 Å². The fraction of sp³-hybridized carbons (Fsp3) is 0.480. The molecule has 0 aliphatic heterocycles. The lowest BCUT2D eigenvalue weighted by Crippen LogP contribution is -2.36. The molecule has 2 aromatic rings. The maximum Gasteiger partial charge on any atom is 0.203 e. The molecule has 3 nitrogen and oxygen atoms in total. The molecule has 0 amide bonds. The maximum absolute atomic E-state index is 13.3. The molecule has 0 bridgehead atoms. The Morgan fingerprint density at radius 3 is 2.66 bits per heavy atom. The van der Waals surface area contributed by atoms with Crippen LogP contribution in [0.5, 0.6) is 5.75 Å². The summed E-state index contributed by atoms with van der Waals surface area (Å²) in [7, 11) is 0. The van der Waals surface area contributed by atoms with Crippen LogP contribution in [0.15, 0.2) is 42.3 Å². The van der Waals surface area contributed by atoms with Crippen LogP contribution in [0.1, 0.15) is 79.2 Å². The highest BCUT2D eigenvalue weighted by molar-refractivity contribution is 7.12. The minimum absolute atomic E-state index is 0.00462. The van der Waals surface area contributed by atoms with Crippen LogP contribution in [0.2, 0.25) is 0 Å². The smallest absolute Gasteiger partial charge is 0.203 e. The Kier molecular flexibility index (Phi) is 6.97. The average Bonchev–Trinajstić information content (AvgIpc) is 3.10. The van der Waals surface area contributed by atoms with Crippen molar-refractivity contribution >= 4 is 17.1 Å². The Morgan fingerprint density at radius 2 is 2.00 bits per heavy atom. The second-order valence-corrected chi connectivity index (χ2v) is 9.99. The highest BCUT2D eigenvalue weighted by Gasteiger charge is 2.28. The lowest BCUT2D eigenvalue weighted by atomic mass is 9.85. The Bertz CT molecular complexity index is 856. The summed E-state index contributed by atoms with van der Waals surface area (Å²) in [5.41, 5.74) is 2.31. The molecule has 156 valence electrons. The number of hydrogen-bond acceptors (Lipinski definition) is 4. The predicted molar refractivity (Wildman–Crippen MR) is 122 cm³/mol. The van der Waals surface area contributed by atoms with E-state index in [0.717, 1.165) is 24.2 Å². The van der Waals surface area contributed by atoms with Gasteiger partial charge in [0, 0.05) is 35.6 Å². The predicted octanol–water partition coefficient (Wildman–Crippen LogP) is 6.30. The molecule has 1 aromatic carbocycles. The van der Waals surface area contributed by atoms with E-state index in [0.29, 0.717) is 16.5 Å². The molecule has 0 spiro atoms. The average molecular weight is 412 g/mol. The van der Waals surface area contributed by atoms with Gasteiger partial charge in [-0.3, -0.25) is 9.69 Å². The number of ketones is 1. The van der Waals surface area contributed by atoms with Gasteiger partial charge in [-0.2, -0.15) is 0 Å². The van der Waals surface area contributed by atoms with Crippen LogP contribution >= 0.6 is 11.3 Å². The highest BCUT2D eigenvalue weighted by Crippen LogP contribution is 2.39. The normalized spacial score (nSPS) is 15.6. The fourth-order valence-corrected chi connectivity index (χ4v) is 5.47. The summed E-state index contributed by atoms with van der Waals surface area (Å²) in [5.74, 6) is 0.214. The van der Waals surface area contributed by atoms with Crippen molar-refractivity contribution in [1.82, 2.24) is 4.90 Å². The zero-order valence-electron chi connectivity index (χ0n) is 17.9. The summed E-state index contributed by atoms with van der Waals surface area (Å²) in [6.45, 7) is 11.7. The van der Waals surface area contributed by atoms with Gasteiger partial charge in [-0.1, -0.05) is 64.3 Å². The summed E-state index contributed by atoms with van der Waals surface area (Å²) in [5, 5.41) is 12.0. The van der Waals surface area contributed by atoms with Crippen LogP contribution in [0.4, 0.5) is 0 Å². The fourth-order valence-electron chi connectivity index (χ4n) is 4.37. The van der Waals surface area contributed by atoms with Crippen LogP contribution < -0.4 is 0 Å². The van der Waals surface area contributed by atoms with E-state index in [-0.39, 0.29) is 16.9 Å². The summed E-state index contributed by atoms with van der Waals surface area (Å²) in [6, 6.07) is 8.58. The Hall–Kier alpha value is -1.91. The number of rotatable bonds is 7. The van der Waals surface area contributed by atoms with Gasteiger partial charge in [0.1, 0.15) is 5.75 Å². The van der Waals surface area contributed by atoms with Gasteiger partial charge < -0.3 is 5.11 Å². The summed E-state index contributed by atoms with van der Waals surface area (Å²) in [6.07, 6.45) is 8.41. The summed E-state index contributed by atoms with van der Waals surface area (Å²) < 4.78 is 0. The molecule has 3 rings (SSSR count). The molecule has 0 saturated heterocycles. The maximum atomic E-state index is 13.3. The first-order valence-corrected chi connectivity index (χ1v) is 11.5. The standard InChI is InChI=1S/C25H33NO2S/c1-5-14-26(20-12-7-6-8-13-20)16-18-10-9-11-19(15-18)23(28)24-22(25(2,3)4)21(27)17-29-24/h5,9-11,15,17,20,27H,1,6-8,12-14,16H2,2-4H3. The van der Waals surface area contributed by atoms with E-state index in [2.05, 4.69) is 17.5 Å². The second-order valence-electron chi connectivity index (χ2n) is 9.11. The summed E-state index contributed by atoms with van der Waals surface area (Å²) in [4.78, 5) is 16.4. The first-order chi connectivity index (χ1) is 13.8. The van der Waals surface area contributed by atoms with Crippen molar-refractivity contribution in [1.29, 1.82) is 0 Å². The highest BCUT2D eigenvalue weighted by atomic mass is 32.1. The molecule has 0 atom stereocenters. The number of hydrogen-bond donors (Lipinski definition) is 1. The number of thiophene rings is 1. The molecule has 4 heteroatoms. The topological polar surface area (TPSA) is 40.5 Å². The van der Waals surface area contributed by atoms with Crippen LogP contribution in [0.3, 0.4) is 0 Å². The zero-order valence-corrected chi connectivity index (χ0v) is 18.7. The summed E-state index contributed by atoms with van der Waals surface area (Å²) >= 11 is 1.33. The molecule has 1 aliphatic rings. The van der Waals surface area contributed by atoms with Gasteiger partial charge in [-0.25, -0.2) is 0 Å². The van der Waals surface area contributed by atoms with Crippen molar-refractivity contribution in [2.45, 2.75) is 70.9 Å². The van der Waals surface area contributed by atoms with E-state index in [1.54, 1.807) is 5.38 Å². The largest absolute Gasteiger partial charge is 0.507 e. The first-order valence-electron chi connectivity index (χ1n) is 10.6. The molecule has 29 heavy (non-hydrogen) atoms. The van der Waals surface area contributed by atoms with Gasteiger partial charge in [0.15, 0.2) is 0 Å². The third kappa shape index (κ3) is 5.18. The number of carbonyl (C=O) groups is 1. The molecule has 1 heterocycles. The van der Waals surface area contributed by atoms with Gasteiger partial charge in [-0.15, -0.1) is 17.9 Å². The van der Waals surface area contributed by atoms with E-state index in [9.17, 15) is 9.90 Å². The van der Waals surface area contributed by atoms with Crippen molar-refractivity contribution < 1.29 is 9.90 Å². The molecule has 1 N–H and O–H groups in total. The molecule has 0 radical (unpaired) electrons. The zero-order chi connectivity index (χ0) is 21.0. The lowest BCUT2D eigenvalue weighted by molar-refractivity contribution is 0.104. The van der Waals surface area contributed by atoms with E-state index in [1.165, 1.54) is 43.4 Å². The van der Waals surface area contributed by atoms with Crippen LogP contribution in [-0.4, -0.2) is 28.4 Å². The van der Waals surface area contributed by atoms with Crippen molar-refractivity contribution in [2.24, 2.45) is 0 Å². The third-order valence-electron chi connectivity index (χ3n) is 5.76. The number of aromatic hydroxyl groups is 1. The third-order valence-corrected chi connectivity index (χ3v) is 6.72. The van der Waals surface area contributed by atoms with Gasteiger partial charge in [0.25, 0.3) is 0 Å². The molecular formula is C25H33NO2S. The second kappa shape index (κ2) is 9.27. The van der Waals surface area contributed by atoms with Crippen LogP contribution in [0.25, 0.3) is 0 Å². The minimum Gasteiger partial charge on any atom is -0.507 e. The van der Waals surface area contributed by atoms with Crippen molar-refractivity contribution in [3.05, 3.63) is 63.9 Å². The lowest BCUT2D eigenvalue weighted by Gasteiger charge is -2.33. The SMILES string of the molecule is C=CCN(Cc1cccc(C(=O)c2scc(O)c2C(C)(C)C)c1)C1CCCCC1. The van der Waals surface area contributed by atoms with Gasteiger partial charge in [0.05, 0.1) is 4.88 Å². The number of benzene rings is 1. The minimum atomic E-state index is -0.283. The van der Waals surface area contributed by atoms with Gasteiger partial charge in [0.2, 0.25) is 5.78 Å². The molecule has 1 fully saturated rings. The van der Waals surface area contributed by atoms with Crippen molar-refractivity contribution in [3.63, 3.8) is 0 Å². The molecule has 1 aromatic heterocycles. The van der Waals surface area contributed by atoms with E-state index in [1.807, 2.05) is 45.0 Å². The monoisotopic (exact) mass is 411 g/mol. The Balaban J connectivity index is 1.84. The van der Waals surface area contributed by atoms with Crippen LogP contribution in [-0.2, 0) is 12.0 Å². The van der Waals surface area contributed by atoms with Gasteiger partial charge in [-0.05, 0) is 29.9 Å². The Morgan fingerprint density at radius 1 is 1.28 bits per heavy atom. The van der Waals surface area contributed by atoms with Crippen molar-refractivity contribution in [3.8, 4) is 5.75 Å². The van der Waals surface area contributed by atoms with E-state index in [4.69, 9.17) is 0 Å². The number of carbonyl (C=O) groups excluding carboxylic acids is 1. The molecule has 1 aliphatic carbocycles. The molecular weight excluding hydrogens is 378 g/mol. The molecule has 0 unspecified atom stereocenters.